The van der Waals surface area contributed by atoms with Crippen LogP contribution in [0.1, 0.15) is 62.4 Å². The van der Waals surface area contributed by atoms with Gasteiger partial charge < -0.3 is 20.0 Å². The smallest absolute Gasteiger partial charge is 0.126 e. The number of benzene rings is 2. The number of anilines is 1. The highest BCUT2D eigenvalue weighted by atomic mass is 19.1. The molecule has 0 fully saturated rings. The number of hydrogen-bond acceptors (Lipinski definition) is 4. The maximum Gasteiger partial charge on any atom is 0.126 e. The maximum absolute atomic E-state index is 14.1. The largest absolute Gasteiger partial charge is 0.380 e. The third-order valence-electron chi connectivity index (χ3n) is 7.49. The second-order valence-electron chi connectivity index (χ2n) is 10.7. The van der Waals surface area contributed by atoms with Crippen molar-refractivity contribution in [1.29, 1.82) is 0 Å². The van der Waals surface area contributed by atoms with Crippen molar-refractivity contribution < 1.29 is 4.39 Å². The van der Waals surface area contributed by atoms with Crippen LogP contribution in [0.2, 0.25) is 0 Å². The molecule has 2 aromatic carbocycles. The summed E-state index contributed by atoms with van der Waals surface area (Å²) < 4.78 is 14.1. The molecule has 2 heterocycles. The van der Waals surface area contributed by atoms with Gasteiger partial charge in [0, 0.05) is 58.4 Å². The Hall–Kier alpha value is -3.47. The van der Waals surface area contributed by atoms with Gasteiger partial charge in [-0.25, -0.2) is 4.39 Å². The second-order valence-corrected chi connectivity index (χ2v) is 10.7. The summed E-state index contributed by atoms with van der Waals surface area (Å²) in [5.74, 6) is -0.169. The Kier molecular flexibility index (Phi) is 10.4. The molecule has 210 valence electrons. The van der Waals surface area contributed by atoms with Gasteiger partial charge in [0.1, 0.15) is 5.82 Å². The lowest BCUT2D eigenvalue weighted by Gasteiger charge is -2.35. The number of aryl methyl sites for hydroxylation is 2. The van der Waals surface area contributed by atoms with Crippen molar-refractivity contribution in [1.82, 2.24) is 15.1 Å². The number of rotatable bonds is 7. The van der Waals surface area contributed by atoms with Crippen LogP contribution in [0.15, 0.2) is 77.8 Å². The minimum absolute atomic E-state index is 0.00864. The van der Waals surface area contributed by atoms with Crippen molar-refractivity contribution in [2.45, 2.75) is 54.0 Å². The summed E-state index contributed by atoms with van der Waals surface area (Å²) in [5, 5.41) is 3.66. The Labute approximate surface area is 236 Å². The average molecular weight is 531 g/mol. The Morgan fingerprint density at radius 2 is 1.72 bits per heavy atom. The van der Waals surface area contributed by atoms with Crippen LogP contribution in [-0.4, -0.2) is 50.6 Å². The third-order valence-corrected chi connectivity index (χ3v) is 7.49. The molecular weight excluding hydrogens is 483 g/mol. The van der Waals surface area contributed by atoms with Crippen LogP contribution < -0.4 is 10.2 Å². The number of likely N-dealkylation sites (N-methyl/N-ethyl adjacent to an activating group) is 2. The van der Waals surface area contributed by atoms with Gasteiger partial charge >= 0.3 is 0 Å². The normalized spacial score (nSPS) is 16.9. The minimum Gasteiger partial charge on any atom is -0.380 e. The van der Waals surface area contributed by atoms with E-state index in [0.29, 0.717) is 5.56 Å². The van der Waals surface area contributed by atoms with Crippen LogP contribution in [0.4, 0.5) is 10.1 Å². The van der Waals surface area contributed by atoms with E-state index in [1.165, 1.54) is 40.1 Å². The van der Waals surface area contributed by atoms with Crippen molar-refractivity contribution in [2.24, 2.45) is 0 Å². The Bertz CT molecular complexity index is 1270. The molecule has 0 spiro atoms. The third kappa shape index (κ3) is 7.14. The fourth-order valence-corrected chi connectivity index (χ4v) is 5.06. The predicted molar refractivity (Wildman–Crippen MR) is 166 cm³/mol. The molecule has 4 rings (SSSR count). The van der Waals surface area contributed by atoms with Gasteiger partial charge in [0.05, 0.1) is 11.7 Å². The predicted octanol–water partition coefficient (Wildman–Crippen LogP) is 7.59. The van der Waals surface area contributed by atoms with E-state index < -0.39 is 0 Å². The first-order valence-electron chi connectivity index (χ1n) is 14.2. The lowest BCUT2D eigenvalue weighted by atomic mass is 9.88. The van der Waals surface area contributed by atoms with Gasteiger partial charge in [0.2, 0.25) is 0 Å². The monoisotopic (exact) mass is 530 g/mol. The molecule has 5 heteroatoms. The first-order chi connectivity index (χ1) is 18.6. The van der Waals surface area contributed by atoms with Crippen LogP contribution in [0.25, 0.3) is 5.57 Å². The van der Waals surface area contributed by atoms with Crippen molar-refractivity contribution >= 4 is 11.3 Å². The van der Waals surface area contributed by atoms with Gasteiger partial charge in [-0.1, -0.05) is 50.6 Å². The molecule has 4 nitrogen and oxygen atoms in total. The number of nitrogens with one attached hydrogen (secondary N) is 1. The van der Waals surface area contributed by atoms with Crippen LogP contribution in [-0.2, 0) is 0 Å². The highest BCUT2D eigenvalue weighted by Crippen LogP contribution is 2.40. The Balaban J connectivity index is 0.00000134. The van der Waals surface area contributed by atoms with Crippen molar-refractivity contribution in [3.63, 3.8) is 0 Å². The fraction of sp³-hybridized carbons (Fsp3) is 0.412. The van der Waals surface area contributed by atoms with E-state index in [9.17, 15) is 4.39 Å². The topological polar surface area (TPSA) is 21.8 Å². The molecule has 0 amide bonds. The van der Waals surface area contributed by atoms with Crippen molar-refractivity contribution in [2.75, 3.05) is 45.7 Å². The summed E-state index contributed by atoms with van der Waals surface area (Å²) in [7, 11) is 6.35. The first kappa shape index (κ1) is 30.1. The van der Waals surface area contributed by atoms with Gasteiger partial charge in [0.15, 0.2) is 0 Å². The summed E-state index contributed by atoms with van der Waals surface area (Å²) >= 11 is 0. The lowest BCUT2D eigenvalue weighted by Crippen LogP contribution is -2.29. The molecule has 2 aliphatic heterocycles. The summed E-state index contributed by atoms with van der Waals surface area (Å²) in [6.45, 7) is 15.3. The van der Waals surface area contributed by atoms with E-state index in [1.54, 1.807) is 6.07 Å². The Morgan fingerprint density at radius 3 is 2.36 bits per heavy atom. The zero-order valence-corrected chi connectivity index (χ0v) is 25.4. The molecule has 1 atom stereocenters. The summed E-state index contributed by atoms with van der Waals surface area (Å²) in [4.78, 5) is 6.76. The highest BCUT2D eigenvalue weighted by molar-refractivity contribution is 5.77. The highest BCUT2D eigenvalue weighted by Gasteiger charge is 2.26. The van der Waals surface area contributed by atoms with Crippen LogP contribution in [0.5, 0.6) is 0 Å². The number of halogens is 1. The van der Waals surface area contributed by atoms with Crippen LogP contribution >= 0.6 is 0 Å². The standard InChI is InChI=1S/C31H39FN4.C3H8/c1-8-34(5)30-14-12-24(17-22(30)3)28-18-27(33-19-26-10-9-15-35(6)23(26)4)20-36(7)31(28)25-11-13-29(32)21(2)16-25;1-3-2/h9-14,16-18,20,31,33H,8,15,19H2,1-7H3;3H2,1-2H3. The molecule has 0 saturated heterocycles. The van der Waals surface area contributed by atoms with Crippen molar-refractivity contribution in [3.05, 3.63) is 106 Å². The quantitative estimate of drug-likeness (QED) is 0.398. The molecule has 1 N–H and O–H groups in total. The molecular formula is C34H47FN4. The molecule has 0 bridgehead atoms. The van der Waals surface area contributed by atoms with E-state index in [-0.39, 0.29) is 11.9 Å². The summed E-state index contributed by atoms with van der Waals surface area (Å²) in [6.07, 6.45) is 10.1. The van der Waals surface area contributed by atoms with E-state index in [1.807, 2.05) is 19.1 Å². The molecule has 1 unspecified atom stereocenters. The van der Waals surface area contributed by atoms with E-state index in [2.05, 4.69) is 118 Å². The second kappa shape index (κ2) is 13.5. The zero-order valence-electron chi connectivity index (χ0n) is 25.4. The van der Waals surface area contributed by atoms with Gasteiger partial charge in [-0.05, 0) is 85.4 Å². The fourth-order valence-electron chi connectivity index (χ4n) is 5.06. The van der Waals surface area contributed by atoms with Crippen LogP contribution in [0.3, 0.4) is 0 Å². The molecule has 0 aromatic heterocycles. The molecule has 0 aliphatic carbocycles. The summed E-state index contributed by atoms with van der Waals surface area (Å²) in [5.41, 5.74) is 10.3. The number of hydrogen-bond donors (Lipinski definition) is 1. The Morgan fingerprint density at radius 1 is 1.00 bits per heavy atom. The van der Waals surface area contributed by atoms with E-state index in [4.69, 9.17) is 0 Å². The minimum atomic E-state index is -0.169. The summed E-state index contributed by atoms with van der Waals surface area (Å²) in [6, 6.07) is 12.2. The zero-order chi connectivity index (χ0) is 28.7. The molecule has 0 radical (unpaired) electrons. The molecule has 2 aliphatic rings. The lowest BCUT2D eigenvalue weighted by molar-refractivity contribution is 0.393. The van der Waals surface area contributed by atoms with Gasteiger partial charge in [-0.3, -0.25) is 0 Å². The van der Waals surface area contributed by atoms with E-state index in [0.717, 1.165) is 30.9 Å². The van der Waals surface area contributed by atoms with Gasteiger partial charge in [0.25, 0.3) is 0 Å². The SMILES string of the molecule is CCC.CCN(C)c1ccc(C2=CC(NCC3=C(C)N(C)CC=C3)=CN(C)C2c2ccc(F)c(C)c2)cc1C. The van der Waals surface area contributed by atoms with Gasteiger partial charge in [-0.15, -0.1) is 0 Å². The van der Waals surface area contributed by atoms with Gasteiger partial charge in [-0.2, -0.15) is 0 Å². The van der Waals surface area contributed by atoms with Crippen LogP contribution in [0, 0.1) is 19.7 Å². The maximum atomic E-state index is 14.1. The van der Waals surface area contributed by atoms with Crippen molar-refractivity contribution in [3.8, 4) is 0 Å². The van der Waals surface area contributed by atoms with E-state index >= 15 is 0 Å². The number of nitrogens with zero attached hydrogens (tertiary/aromatic N) is 3. The molecule has 2 aromatic rings. The average Bonchev–Trinajstić information content (AvgIpc) is 2.91. The first-order valence-corrected chi connectivity index (χ1v) is 14.2. The molecule has 39 heavy (non-hydrogen) atoms. The molecule has 0 saturated carbocycles. The number of allylic oxidation sites excluding steroid dienone is 2.